The maximum atomic E-state index is 15.4. The summed E-state index contributed by atoms with van der Waals surface area (Å²) in [6, 6.07) is 3.09. The van der Waals surface area contributed by atoms with Crippen LogP contribution in [-0.2, 0) is 4.79 Å². The van der Waals surface area contributed by atoms with Crippen LogP contribution in [0.15, 0.2) is 30.6 Å². The van der Waals surface area contributed by atoms with Gasteiger partial charge in [0.05, 0.1) is 18.0 Å². The molecule has 13 heteroatoms. The van der Waals surface area contributed by atoms with Crippen molar-refractivity contribution in [2.45, 2.75) is 32.2 Å². The number of aromatic nitrogens is 4. The highest BCUT2D eigenvalue weighted by atomic mass is 19.2. The number of anilines is 1. The lowest BCUT2D eigenvalue weighted by atomic mass is 10.1. The van der Waals surface area contributed by atoms with Crippen LogP contribution in [0, 0.1) is 29.1 Å². The zero-order chi connectivity index (χ0) is 27.8. The molecule has 1 fully saturated rings. The number of nitrogens with zero attached hydrogens (tertiary/aromatic N) is 5. The smallest absolute Gasteiger partial charge is 0.204 e. The number of piperidine rings is 1. The van der Waals surface area contributed by atoms with Gasteiger partial charge in [0.25, 0.3) is 0 Å². The lowest BCUT2D eigenvalue weighted by Gasteiger charge is -2.32. The molecule has 0 saturated carbocycles. The number of ether oxygens (including phenoxy) is 1. The van der Waals surface area contributed by atoms with E-state index in [1.165, 1.54) is 18.5 Å². The van der Waals surface area contributed by atoms with Gasteiger partial charge in [0.15, 0.2) is 17.3 Å². The van der Waals surface area contributed by atoms with Gasteiger partial charge in [-0.3, -0.25) is 9.69 Å². The summed E-state index contributed by atoms with van der Waals surface area (Å²) >= 11 is 0. The Morgan fingerprint density at radius 1 is 1.08 bits per heavy atom. The molecule has 8 nitrogen and oxygen atoms in total. The fraction of sp³-hybridized carbons (Fsp3) is 0.308. The molecule has 1 saturated heterocycles. The molecule has 0 radical (unpaired) electrons. The van der Waals surface area contributed by atoms with Crippen LogP contribution in [0.3, 0.4) is 0 Å². The van der Waals surface area contributed by atoms with Crippen molar-refractivity contribution in [2.75, 3.05) is 25.4 Å². The number of halogens is 5. The molecule has 39 heavy (non-hydrogen) atoms. The number of Topliss-reactive ketones (excluding diaryl/α,β-unsaturated/α-hetero) is 1. The molecule has 2 N–H and O–H groups in total. The Balaban J connectivity index is 1.51. The first-order valence-corrected chi connectivity index (χ1v) is 12.2. The molecule has 3 heterocycles. The second kappa shape index (κ2) is 10.6. The molecular weight excluding hydrogens is 523 g/mol. The highest BCUT2D eigenvalue weighted by Crippen LogP contribution is 2.37. The lowest BCUT2D eigenvalue weighted by molar-refractivity contribution is -0.120. The Bertz CT molecular complexity index is 1550. The quantitative estimate of drug-likeness (QED) is 0.252. The molecule has 1 atom stereocenters. The Hall–Kier alpha value is -4.13. The van der Waals surface area contributed by atoms with E-state index in [2.05, 4.69) is 15.1 Å². The number of carbonyl (C=O) groups is 1. The summed E-state index contributed by atoms with van der Waals surface area (Å²) in [5.74, 6) is -9.29. The minimum atomic E-state index is -1.75. The van der Waals surface area contributed by atoms with E-state index < -0.39 is 40.6 Å². The molecule has 0 aliphatic carbocycles. The normalized spacial score (nSPS) is 16.1. The predicted molar refractivity (Wildman–Crippen MR) is 131 cm³/mol. The molecule has 4 aromatic rings. The molecule has 5 rings (SSSR count). The maximum absolute atomic E-state index is 15.4. The average Bonchev–Trinajstić information content (AvgIpc) is 3.31. The molecule has 1 aliphatic heterocycles. The van der Waals surface area contributed by atoms with Crippen molar-refractivity contribution in [2.24, 2.45) is 0 Å². The first-order valence-electron chi connectivity index (χ1n) is 12.2. The Morgan fingerprint density at radius 2 is 1.82 bits per heavy atom. The van der Waals surface area contributed by atoms with Gasteiger partial charge in [0, 0.05) is 30.7 Å². The van der Waals surface area contributed by atoms with Gasteiger partial charge in [-0.15, -0.1) is 0 Å². The summed E-state index contributed by atoms with van der Waals surface area (Å²) in [7, 11) is 0. The summed E-state index contributed by atoms with van der Waals surface area (Å²) < 4.78 is 77.1. The number of benzene rings is 2. The number of nitrogen functional groups attached to an aromatic ring is 1. The summed E-state index contributed by atoms with van der Waals surface area (Å²) in [6.07, 6.45) is 3.27. The van der Waals surface area contributed by atoms with Gasteiger partial charge in [-0.1, -0.05) is 6.92 Å². The summed E-state index contributed by atoms with van der Waals surface area (Å²) in [6.45, 7) is 3.42. The second-order valence-corrected chi connectivity index (χ2v) is 9.22. The highest BCUT2D eigenvalue weighted by Gasteiger charge is 2.28. The topological polar surface area (TPSA) is 99.2 Å². The Kier molecular flexibility index (Phi) is 7.17. The summed E-state index contributed by atoms with van der Waals surface area (Å²) in [5.41, 5.74) is 6.60. The third-order valence-corrected chi connectivity index (χ3v) is 6.63. The van der Waals surface area contributed by atoms with Crippen LogP contribution in [0.4, 0.5) is 27.8 Å². The van der Waals surface area contributed by atoms with Crippen molar-refractivity contribution in [1.29, 1.82) is 0 Å². The van der Waals surface area contributed by atoms with Gasteiger partial charge in [-0.2, -0.15) is 13.9 Å². The van der Waals surface area contributed by atoms with Gasteiger partial charge in [-0.25, -0.2) is 27.8 Å². The van der Waals surface area contributed by atoms with E-state index in [4.69, 9.17) is 10.5 Å². The standard InChI is InChI=1S/C26H23F5N6O2/c1-2-14(38)11-36-7-3-4-13(10-36)37-26-20(25(32)33-12-34-26)23(35-37)16-6-5-15(8-17(16)27)39-24-21(30)18(28)9-19(29)22(24)31/h5-6,8-9,12-13H,2-4,7,10-11H2,1H3,(H2,32,33,34). The summed E-state index contributed by atoms with van der Waals surface area (Å²) in [5, 5.41) is 4.93. The van der Waals surface area contributed by atoms with E-state index >= 15 is 4.39 Å². The largest absolute Gasteiger partial charge is 0.451 e. The van der Waals surface area contributed by atoms with Crippen molar-refractivity contribution in [3.05, 3.63) is 59.7 Å². The Morgan fingerprint density at radius 3 is 2.51 bits per heavy atom. The van der Waals surface area contributed by atoms with Gasteiger partial charge >= 0.3 is 0 Å². The van der Waals surface area contributed by atoms with Crippen LogP contribution < -0.4 is 10.5 Å². The second-order valence-electron chi connectivity index (χ2n) is 9.22. The summed E-state index contributed by atoms with van der Waals surface area (Å²) in [4.78, 5) is 22.4. The average molecular weight is 547 g/mol. The first-order chi connectivity index (χ1) is 18.7. The van der Waals surface area contributed by atoms with E-state index in [1.54, 1.807) is 4.68 Å². The fourth-order valence-corrected chi connectivity index (χ4v) is 4.68. The number of rotatable bonds is 7. The van der Waals surface area contributed by atoms with Crippen LogP contribution in [-0.4, -0.2) is 50.1 Å². The van der Waals surface area contributed by atoms with Crippen LogP contribution in [0.25, 0.3) is 22.3 Å². The minimum Gasteiger partial charge on any atom is -0.451 e. The SMILES string of the molecule is CCC(=O)CN1CCCC(n2nc(-c3ccc(Oc4c(F)c(F)cc(F)c4F)cc3F)c3c(N)ncnc32)C1. The van der Waals surface area contributed by atoms with E-state index in [-0.39, 0.29) is 35.0 Å². The molecule has 2 aromatic heterocycles. The number of nitrogens with two attached hydrogens (primary N) is 1. The molecule has 0 amide bonds. The van der Waals surface area contributed by atoms with Crippen molar-refractivity contribution >= 4 is 22.6 Å². The fourth-order valence-electron chi connectivity index (χ4n) is 4.68. The van der Waals surface area contributed by atoms with Crippen molar-refractivity contribution in [1.82, 2.24) is 24.6 Å². The number of hydrogen-bond donors (Lipinski definition) is 1. The van der Waals surface area contributed by atoms with Crippen LogP contribution in [0.5, 0.6) is 11.5 Å². The van der Waals surface area contributed by atoms with E-state index in [1.807, 2.05) is 11.8 Å². The monoisotopic (exact) mass is 546 g/mol. The zero-order valence-electron chi connectivity index (χ0n) is 20.7. The highest BCUT2D eigenvalue weighted by molar-refractivity contribution is 5.98. The number of fused-ring (bicyclic) bond motifs is 1. The van der Waals surface area contributed by atoms with Crippen LogP contribution in [0.2, 0.25) is 0 Å². The zero-order valence-corrected chi connectivity index (χ0v) is 20.7. The number of ketones is 1. The molecule has 204 valence electrons. The molecular formula is C26H23F5N6O2. The third-order valence-electron chi connectivity index (χ3n) is 6.63. The van der Waals surface area contributed by atoms with E-state index in [0.717, 1.165) is 25.5 Å². The Labute approximate surface area is 219 Å². The van der Waals surface area contributed by atoms with Gasteiger partial charge in [0.1, 0.15) is 35.2 Å². The molecule has 1 unspecified atom stereocenters. The lowest BCUT2D eigenvalue weighted by Crippen LogP contribution is -2.39. The van der Waals surface area contributed by atoms with Gasteiger partial charge < -0.3 is 10.5 Å². The molecule has 2 aromatic carbocycles. The minimum absolute atomic E-state index is 0.0345. The van der Waals surface area contributed by atoms with Crippen molar-refractivity contribution in [3.8, 4) is 22.8 Å². The van der Waals surface area contributed by atoms with E-state index in [9.17, 15) is 22.4 Å². The molecule has 0 bridgehead atoms. The third kappa shape index (κ3) is 5.01. The molecule has 0 spiro atoms. The van der Waals surface area contributed by atoms with Gasteiger partial charge in [-0.05, 0) is 31.5 Å². The van der Waals surface area contributed by atoms with Crippen molar-refractivity contribution < 1.29 is 31.5 Å². The number of hydrogen-bond acceptors (Lipinski definition) is 7. The van der Waals surface area contributed by atoms with Gasteiger partial charge in [0.2, 0.25) is 17.4 Å². The van der Waals surface area contributed by atoms with Crippen LogP contribution >= 0.6 is 0 Å². The van der Waals surface area contributed by atoms with E-state index in [0.29, 0.717) is 30.5 Å². The molecule has 1 aliphatic rings. The first kappa shape index (κ1) is 26.5. The number of likely N-dealkylation sites (tertiary alicyclic amines) is 1. The maximum Gasteiger partial charge on any atom is 0.204 e. The number of carbonyl (C=O) groups excluding carboxylic acids is 1. The van der Waals surface area contributed by atoms with Crippen molar-refractivity contribution in [3.63, 3.8) is 0 Å². The predicted octanol–water partition coefficient (Wildman–Crippen LogP) is 5.18. The van der Waals surface area contributed by atoms with Crippen LogP contribution in [0.1, 0.15) is 32.2 Å².